The number of hydrogen-bond donors (Lipinski definition) is 2. The van der Waals surface area contributed by atoms with E-state index < -0.39 is 11.8 Å². The number of nitrogens with one attached hydrogen (secondary N) is 1. The Bertz CT molecular complexity index is 711. The number of benzene rings is 1. The van der Waals surface area contributed by atoms with Gasteiger partial charge >= 0.3 is 6.09 Å². The first kappa shape index (κ1) is 13.6. The van der Waals surface area contributed by atoms with Gasteiger partial charge < -0.3 is 10.4 Å². The third kappa shape index (κ3) is 1.89. The van der Waals surface area contributed by atoms with Crippen LogP contribution in [0.5, 0.6) is 0 Å². The molecule has 1 aromatic carbocycles. The Kier molecular flexibility index (Phi) is 3.13. The Labute approximate surface area is 121 Å². The highest BCUT2D eigenvalue weighted by Crippen LogP contribution is 2.29. The van der Waals surface area contributed by atoms with Gasteiger partial charge in [-0.25, -0.2) is 9.78 Å². The normalized spacial score (nSPS) is 22.4. The second kappa shape index (κ2) is 4.85. The van der Waals surface area contributed by atoms with E-state index in [1.807, 2.05) is 24.3 Å². The van der Waals surface area contributed by atoms with Crippen LogP contribution in [-0.2, 0) is 10.5 Å². The second-order valence-corrected chi connectivity index (χ2v) is 5.09. The first-order valence-electron chi connectivity index (χ1n) is 6.72. The number of amides is 1. The van der Waals surface area contributed by atoms with E-state index in [-0.39, 0.29) is 18.9 Å². The van der Waals surface area contributed by atoms with E-state index in [4.69, 9.17) is 0 Å². The maximum absolute atomic E-state index is 12.4. The molecule has 0 spiro atoms. The van der Waals surface area contributed by atoms with Gasteiger partial charge in [0.15, 0.2) is 11.4 Å². The molecule has 3 rings (SSSR count). The van der Waals surface area contributed by atoms with E-state index in [9.17, 15) is 14.7 Å². The zero-order chi connectivity index (χ0) is 15.0. The number of piperazine rings is 1. The molecule has 1 aromatic heterocycles. The number of carboxylic acid groups (broad SMARTS) is 1. The van der Waals surface area contributed by atoms with Crippen LogP contribution in [0.15, 0.2) is 30.6 Å². The summed E-state index contributed by atoms with van der Waals surface area (Å²) < 4.78 is 1.66. The van der Waals surface area contributed by atoms with Gasteiger partial charge in [0.1, 0.15) is 0 Å². The molecule has 1 atom stereocenters. The zero-order valence-corrected chi connectivity index (χ0v) is 11.6. The lowest BCUT2D eigenvalue weighted by atomic mass is 10.00. The maximum atomic E-state index is 12.4. The summed E-state index contributed by atoms with van der Waals surface area (Å²) in [5.41, 5.74) is 0.178. The first-order valence-corrected chi connectivity index (χ1v) is 6.72. The summed E-state index contributed by atoms with van der Waals surface area (Å²) in [7, 11) is 0. The standard InChI is InChI=1S/C14H16N4O3/c1-10(19)14(8-15-6-7-17(14)13(20)21)18-9-16-11-4-2-3-5-12(11)18/h2-5,9,15H,6-8H2,1H3,(H,20,21). The zero-order valence-electron chi connectivity index (χ0n) is 11.6. The largest absolute Gasteiger partial charge is 0.465 e. The fourth-order valence-electron chi connectivity index (χ4n) is 2.94. The maximum Gasteiger partial charge on any atom is 0.409 e. The monoisotopic (exact) mass is 288 g/mol. The number of fused-ring (bicyclic) bond motifs is 1. The van der Waals surface area contributed by atoms with Crippen LogP contribution in [0.1, 0.15) is 6.92 Å². The van der Waals surface area contributed by atoms with Gasteiger partial charge in [-0.1, -0.05) is 12.1 Å². The number of ketones is 1. The summed E-state index contributed by atoms with van der Waals surface area (Å²) in [5.74, 6) is -0.236. The Morgan fingerprint density at radius 1 is 1.38 bits per heavy atom. The smallest absolute Gasteiger partial charge is 0.409 e. The predicted octanol–water partition coefficient (Wildman–Crippen LogP) is 0.861. The molecule has 1 fully saturated rings. The fraction of sp³-hybridized carbons (Fsp3) is 0.357. The highest BCUT2D eigenvalue weighted by atomic mass is 16.4. The quantitative estimate of drug-likeness (QED) is 0.856. The number of aromatic nitrogens is 2. The van der Waals surface area contributed by atoms with Crippen molar-refractivity contribution in [2.75, 3.05) is 19.6 Å². The molecule has 2 heterocycles. The van der Waals surface area contributed by atoms with Crippen LogP contribution in [0.2, 0.25) is 0 Å². The lowest BCUT2D eigenvalue weighted by Gasteiger charge is -2.44. The molecular weight excluding hydrogens is 272 g/mol. The van der Waals surface area contributed by atoms with Gasteiger partial charge in [0.2, 0.25) is 0 Å². The molecule has 21 heavy (non-hydrogen) atoms. The highest BCUT2D eigenvalue weighted by molar-refractivity contribution is 5.90. The average molecular weight is 288 g/mol. The van der Waals surface area contributed by atoms with Gasteiger partial charge in [0.05, 0.1) is 17.4 Å². The van der Waals surface area contributed by atoms with Crippen LogP contribution in [-0.4, -0.2) is 51.1 Å². The molecule has 110 valence electrons. The third-order valence-electron chi connectivity index (χ3n) is 3.98. The Balaban J connectivity index is 2.25. The Morgan fingerprint density at radius 2 is 2.14 bits per heavy atom. The van der Waals surface area contributed by atoms with E-state index in [0.717, 1.165) is 11.0 Å². The predicted molar refractivity (Wildman–Crippen MR) is 76.0 cm³/mol. The summed E-state index contributed by atoms with van der Waals surface area (Å²) in [6, 6.07) is 7.37. The molecule has 1 aliphatic heterocycles. The molecule has 7 heteroatoms. The Hall–Kier alpha value is -2.41. The van der Waals surface area contributed by atoms with Crippen molar-refractivity contribution >= 4 is 22.9 Å². The van der Waals surface area contributed by atoms with Crippen molar-refractivity contribution in [2.45, 2.75) is 12.6 Å². The lowest BCUT2D eigenvalue weighted by Crippen LogP contribution is -2.66. The third-order valence-corrected chi connectivity index (χ3v) is 3.98. The minimum atomic E-state index is -1.29. The van der Waals surface area contributed by atoms with Crippen LogP contribution in [0.4, 0.5) is 4.79 Å². The van der Waals surface area contributed by atoms with Gasteiger partial charge in [-0.15, -0.1) is 0 Å². The molecule has 1 unspecified atom stereocenters. The number of carbonyl (C=O) groups excluding carboxylic acids is 1. The van der Waals surface area contributed by atoms with Crippen molar-refractivity contribution in [3.63, 3.8) is 0 Å². The Morgan fingerprint density at radius 3 is 2.86 bits per heavy atom. The number of nitrogens with zero attached hydrogens (tertiary/aromatic N) is 3. The van der Waals surface area contributed by atoms with Crippen LogP contribution < -0.4 is 5.32 Å². The minimum absolute atomic E-state index is 0.231. The van der Waals surface area contributed by atoms with E-state index >= 15 is 0 Å². The van der Waals surface area contributed by atoms with E-state index in [0.29, 0.717) is 6.54 Å². The van der Waals surface area contributed by atoms with Crippen molar-refractivity contribution in [2.24, 2.45) is 0 Å². The van der Waals surface area contributed by atoms with E-state index in [1.165, 1.54) is 18.2 Å². The van der Waals surface area contributed by atoms with E-state index in [2.05, 4.69) is 10.3 Å². The summed E-state index contributed by atoms with van der Waals surface area (Å²) in [6.07, 6.45) is 0.430. The van der Waals surface area contributed by atoms with Gasteiger partial charge in [-0.05, 0) is 19.1 Å². The second-order valence-electron chi connectivity index (χ2n) is 5.09. The molecule has 7 nitrogen and oxygen atoms in total. The minimum Gasteiger partial charge on any atom is -0.465 e. The lowest BCUT2D eigenvalue weighted by molar-refractivity contribution is -0.135. The van der Waals surface area contributed by atoms with Gasteiger partial charge in [-0.2, -0.15) is 0 Å². The number of para-hydroxylation sites is 2. The average Bonchev–Trinajstić information content (AvgIpc) is 2.91. The summed E-state index contributed by atoms with van der Waals surface area (Å²) in [5, 5.41) is 12.6. The fourth-order valence-corrected chi connectivity index (χ4v) is 2.94. The van der Waals surface area contributed by atoms with Crippen LogP contribution >= 0.6 is 0 Å². The topological polar surface area (TPSA) is 87.5 Å². The van der Waals surface area contributed by atoms with Crippen LogP contribution in [0.25, 0.3) is 11.0 Å². The van der Waals surface area contributed by atoms with Crippen LogP contribution in [0.3, 0.4) is 0 Å². The number of rotatable bonds is 2. The summed E-state index contributed by atoms with van der Waals surface area (Å²) in [4.78, 5) is 29.5. The molecular formula is C14H16N4O3. The van der Waals surface area contributed by atoms with Crippen LogP contribution in [0, 0.1) is 0 Å². The first-order chi connectivity index (χ1) is 10.1. The SMILES string of the molecule is CC(=O)C1(n2cnc3ccccc32)CNCCN1C(=O)O. The molecule has 2 N–H and O–H groups in total. The summed E-state index contributed by atoms with van der Waals surface area (Å²) >= 11 is 0. The van der Waals surface area contributed by atoms with Crippen molar-refractivity contribution in [1.82, 2.24) is 19.8 Å². The molecule has 0 bridgehead atoms. The number of imidazole rings is 1. The molecule has 0 radical (unpaired) electrons. The summed E-state index contributed by atoms with van der Waals surface area (Å²) in [6.45, 7) is 2.42. The highest BCUT2D eigenvalue weighted by Gasteiger charge is 2.48. The van der Waals surface area contributed by atoms with Gasteiger partial charge in [-0.3, -0.25) is 14.3 Å². The number of carbonyl (C=O) groups is 2. The van der Waals surface area contributed by atoms with Crippen molar-refractivity contribution in [3.8, 4) is 0 Å². The molecule has 1 amide bonds. The molecule has 1 saturated heterocycles. The van der Waals surface area contributed by atoms with Crippen molar-refractivity contribution in [1.29, 1.82) is 0 Å². The number of Topliss-reactive ketones (excluding diaryl/α,β-unsaturated/α-hetero) is 1. The van der Waals surface area contributed by atoms with Gasteiger partial charge in [0, 0.05) is 19.6 Å². The molecule has 2 aromatic rings. The molecule has 0 aliphatic carbocycles. The molecule has 1 aliphatic rings. The van der Waals surface area contributed by atoms with E-state index in [1.54, 1.807) is 4.57 Å². The van der Waals surface area contributed by atoms with Gasteiger partial charge in [0.25, 0.3) is 0 Å². The molecule has 0 saturated carbocycles. The van der Waals surface area contributed by atoms with Crippen molar-refractivity contribution in [3.05, 3.63) is 30.6 Å². The number of hydrogen-bond acceptors (Lipinski definition) is 4. The van der Waals surface area contributed by atoms with Crippen molar-refractivity contribution < 1.29 is 14.7 Å².